The van der Waals surface area contributed by atoms with E-state index < -0.39 is 0 Å². The fraction of sp³-hybridized carbons (Fsp3) is 0.500. The summed E-state index contributed by atoms with van der Waals surface area (Å²) in [6.07, 6.45) is 6.35. The van der Waals surface area contributed by atoms with Crippen LogP contribution < -0.4 is 0 Å². The second-order valence-electron chi connectivity index (χ2n) is 9.29. The molecule has 0 N–H and O–H groups in total. The summed E-state index contributed by atoms with van der Waals surface area (Å²) in [6, 6.07) is 21.5. The summed E-state index contributed by atoms with van der Waals surface area (Å²) in [5.74, 6) is 1.19. The number of rotatable bonds is 6. The lowest BCUT2D eigenvalue weighted by atomic mass is 9.69. The SMILES string of the molecule is CCOC(=O)C12CC(Cc3ccccc3)CC1(C)CC(Cc1ccccc1)C2. The lowest BCUT2D eigenvalue weighted by Gasteiger charge is -2.35. The van der Waals surface area contributed by atoms with Gasteiger partial charge in [-0.1, -0.05) is 67.6 Å². The van der Waals surface area contributed by atoms with Crippen molar-refractivity contribution in [2.45, 2.75) is 52.4 Å². The van der Waals surface area contributed by atoms with Gasteiger partial charge >= 0.3 is 5.97 Å². The Morgan fingerprint density at radius 1 is 0.857 bits per heavy atom. The van der Waals surface area contributed by atoms with Crippen LogP contribution >= 0.6 is 0 Å². The second-order valence-corrected chi connectivity index (χ2v) is 9.29. The molecule has 2 aliphatic rings. The van der Waals surface area contributed by atoms with Gasteiger partial charge in [0.1, 0.15) is 0 Å². The fourth-order valence-corrected chi connectivity index (χ4v) is 6.32. The Morgan fingerprint density at radius 3 is 1.75 bits per heavy atom. The molecule has 2 aromatic rings. The van der Waals surface area contributed by atoms with E-state index in [9.17, 15) is 4.79 Å². The number of ether oxygens (including phenoxy) is 1. The van der Waals surface area contributed by atoms with Gasteiger partial charge in [0.25, 0.3) is 0 Å². The minimum absolute atomic E-state index is 0.0537. The first-order chi connectivity index (χ1) is 13.5. The van der Waals surface area contributed by atoms with Crippen LogP contribution in [0.2, 0.25) is 0 Å². The van der Waals surface area contributed by atoms with E-state index in [4.69, 9.17) is 4.74 Å². The van der Waals surface area contributed by atoms with Gasteiger partial charge in [0.2, 0.25) is 0 Å². The molecule has 0 radical (unpaired) electrons. The molecule has 28 heavy (non-hydrogen) atoms. The van der Waals surface area contributed by atoms with Crippen molar-refractivity contribution in [2.75, 3.05) is 6.61 Å². The molecule has 0 spiro atoms. The van der Waals surface area contributed by atoms with Gasteiger partial charge in [-0.15, -0.1) is 0 Å². The van der Waals surface area contributed by atoms with Crippen LogP contribution in [0.25, 0.3) is 0 Å². The third-order valence-electron chi connectivity index (χ3n) is 7.31. The number of fused-ring (bicyclic) bond motifs is 1. The summed E-state index contributed by atoms with van der Waals surface area (Å²) >= 11 is 0. The topological polar surface area (TPSA) is 26.3 Å². The van der Waals surface area contributed by atoms with E-state index >= 15 is 0 Å². The summed E-state index contributed by atoms with van der Waals surface area (Å²) in [7, 11) is 0. The monoisotopic (exact) mass is 376 g/mol. The summed E-state index contributed by atoms with van der Waals surface area (Å²) in [5.41, 5.74) is 2.52. The van der Waals surface area contributed by atoms with Crippen LogP contribution in [-0.4, -0.2) is 12.6 Å². The van der Waals surface area contributed by atoms with Crippen LogP contribution in [-0.2, 0) is 22.4 Å². The molecule has 148 valence electrons. The molecule has 2 aliphatic carbocycles. The largest absolute Gasteiger partial charge is 0.466 e. The van der Waals surface area contributed by atoms with E-state index in [2.05, 4.69) is 67.6 Å². The van der Waals surface area contributed by atoms with Crippen molar-refractivity contribution < 1.29 is 9.53 Å². The maximum Gasteiger partial charge on any atom is 0.312 e. The highest BCUT2D eigenvalue weighted by Gasteiger charge is 2.64. The highest BCUT2D eigenvalue weighted by Crippen LogP contribution is 2.67. The van der Waals surface area contributed by atoms with Gasteiger partial charge in [-0.05, 0) is 73.8 Å². The zero-order chi connectivity index (χ0) is 19.6. The molecule has 2 saturated carbocycles. The third kappa shape index (κ3) is 3.50. The van der Waals surface area contributed by atoms with Gasteiger partial charge in [0.05, 0.1) is 12.0 Å². The fourth-order valence-electron chi connectivity index (χ4n) is 6.32. The minimum atomic E-state index is -0.304. The van der Waals surface area contributed by atoms with Crippen LogP contribution in [0.4, 0.5) is 0 Å². The lowest BCUT2D eigenvalue weighted by molar-refractivity contribution is -0.160. The second kappa shape index (κ2) is 7.73. The maximum atomic E-state index is 13.2. The average molecular weight is 377 g/mol. The van der Waals surface area contributed by atoms with Crippen molar-refractivity contribution in [3.05, 3.63) is 71.8 Å². The van der Waals surface area contributed by atoms with Gasteiger partial charge in [-0.3, -0.25) is 4.79 Å². The Hall–Kier alpha value is -2.09. The van der Waals surface area contributed by atoms with Crippen molar-refractivity contribution in [3.8, 4) is 0 Å². The Bertz CT molecular complexity index is 742. The van der Waals surface area contributed by atoms with E-state index in [1.54, 1.807) is 0 Å². The van der Waals surface area contributed by atoms with Crippen molar-refractivity contribution in [2.24, 2.45) is 22.7 Å². The molecule has 4 rings (SSSR count). The molecule has 2 unspecified atom stereocenters. The van der Waals surface area contributed by atoms with E-state index in [1.807, 2.05) is 6.92 Å². The number of hydrogen-bond donors (Lipinski definition) is 0. The van der Waals surface area contributed by atoms with Gasteiger partial charge in [-0.2, -0.15) is 0 Å². The quantitative estimate of drug-likeness (QED) is 0.591. The molecule has 2 aromatic carbocycles. The highest BCUT2D eigenvalue weighted by atomic mass is 16.5. The smallest absolute Gasteiger partial charge is 0.312 e. The molecule has 2 atom stereocenters. The molecular weight excluding hydrogens is 344 g/mol. The van der Waals surface area contributed by atoms with E-state index in [0.29, 0.717) is 18.4 Å². The molecule has 0 saturated heterocycles. The van der Waals surface area contributed by atoms with Gasteiger partial charge in [0.15, 0.2) is 0 Å². The summed E-state index contributed by atoms with van der Waals surface area (Å²) < 4.78 is 5.65. The average Bonchev–Trinajstić information content (AvgIpc) is 3.10. The number of benzene rings is 2. The van der Waals surface area contributed by atoms with Gasteiger partial charge in [0, 0.05) is 0 Å². The Morgan fingerprint density at radius 2 is 1.32 bits per heavy atom. The Kier molecular flexibility index (Phi) is 5.31. The van der Waals surface area contributed by atoms with Crippen molar-refractivity contribution in [1.82, 2.24) is 0 Å². The predicted octanol–water partition coefficient (Wildman–Crippen LogP) is 5.85. The first-order valence-corrected chi connectivity index (χ1v) is 10.8. The van der Waals surface area contributed by atoms with E-state index in [-0.39, 0.29) is 16.8 Å². The lowest BCUT2D eigenvalue weighted by Crippen LogP contribution is -2.39. The molecule has 2 nitrogen and oxygen atoms in total. The van der Waals surface area contributed by atoms with Crippen LogP contribution in [0.5, 0.6) is 0 Å². The van der Waals surface area contributed by atoms with E-state index in [0.717, 1.165) is 38.5 Å². The number of carbonyl (C=O) groups is 1. The standard InChI is InChI=1S/C26H32O2/c1-3-28-24(27)26-18-22(14-20-10-6-4-7-11-20)16-25(26,2)17-23(19-26)15-21-12-8-5-9-13-21/h4-13,22-23H,3,14-19H2,1-2H3. The number of esters is 1. The molecule has 2 fully saturated rings. The van der Waals surface area contributed by atoms with Crippen LogP contribution in [0.3, 0.4) is 0 Å². The van der Waals surface area contributed by atoms with Crippen LogP contribution in [0.15, 0.2) is 60.7 Å². The molecule has 0 bridgehead atoms. The summed E-state index contributed by atoms with van der Waals surface area (Å²) in [6.45, 7) is 4.77. The van der Waals surface area contributed by atoms with Crippen molar-refractivity contribution in [1.29, 1.82) is 0 Å². The third-order valence-corrected chi connectivity index (χ3v) is 7.31. The Labute approximate surface area is 169 Å². The van der Waals surface area contributed by atoms with Crippen molar-refractivity contribution in [3.63, 3.8) is 0 Å². The zero-order valence-electron chi connectivity index (χ0n) is 17.2. The molecular formula is C26H32O2. The van der Waals surface area contributed by atoms with E-state index in [1.165, 1.54) is 11.1 Å². The van der Waals surface area contributed by atoms with Gasteiger partial charge in [-0.25, -0.2) is 0 Å². The Balaban J connectivity index is 1.55. The first-order valence-electron chi connectivity index (χ1n) is 10.8. The number of hydrogen-bond acceptors (Lipinski definition) is 2. The molecule has 2 heteroatoms. The normalized spacial score (nSPS) is 31.5. The van der Waals surface area contributed by atoms with Crippen LogP contribution in [0, 0.1) is 22.7 Å². The predicted molar refractivity (Wildman–Crippen MR) is 113 cm³/mol. The first kappa shape index (κ1) is 19.2. The van der Waals surface area contributed by atoms with Gasteiger partial charge < -0.3 is 4.74 Å². The summed E-state index contributed by atoms with van der Waals surface area (Å²) in [5, 5.41) is 0. The molecule has 0 aliphatic heterocycles. The zero-order valence-corrected chi connectivity index (χ0v) is 17.2. The van der Waals surface area contributed by atoms with Crippen molar-refractivity contribution >= 4 is 5.97 Å². The molecule has 0 amide bonds. The molecule has 0 heterocycles. The maximum absolute atomic E-state index is 13.2. The summed E-state index contributed by atoms with van der Waals surface area (Å²) in [4.78, 5) is 13.2. The highest BCUT2D eigenvalue weighted by molar-refractivity contribution is 5.79. The number of carbonyl (C=O) groups excluding carboxylic acids is 1. The molecule has 0 aromatic heterocycles. The minimum Gasteiger partial charge on any atom is -0.466 e. The van der Waals surface area contributed by atoms with Crippen LogP contribution in [0.1, 0.15) is 50.7 Å².